The number of fused-ring (bicyclic) bond motifs is 1. The number of amides is 1. The van der Waals surface area contributed by atoms with Crippen molar-refractivity contribution in [1.82, 2.24) is 15.0 Å². The summed E-state index contributed by atoms with van der Waals surface area (Å²) in [4.78, 5) is 17.4. The number of benzene rings is 3. The van der Waals surface area contributed by atoms with Crippen molar-refractivity contribution in [3.8, 4) is 5.75 Å². The highest BCUT2D eigenvalue weighted by Gasteiger charge is 2.22. The SMILES string of the molecule is Cc1noc(C)c1COc1ccc(C(=O)N2CCN(Cc3cccc4ccccc34)CC2)cc1. The van der Waals surface area contributed by atoms with Crippen LogP contribution in [-0.2, 0) is 13.2 Å². The smallest absolute Gasteiger partial charge is 0.253 e. The first kappa shape index (κ1) is 22.2. The van der Waals surface area contributed by atoms with Crippen LogP contribution in [0.15, 0.2) is 71.3 Å². The van der Waals surface area contributed by atoms with Gasteiger partial charge in [0.25, 0.3) is 5.91 Å². The lowest BCUT2D eigenvalue weighted by Gasteiger charge is -2.35. The Balaban J connectivity index is 1.15. The summed E-state index contributed by atoms with van der Waals surface area (Å²) < 4.78 is 11.0. The van der Waals surface area contributed by atoms with Crippen molar-refractivity contribution in [2.75, 3.05) is 26.2 Å². The molecule has 0 unspecified atom stereocenters. The fourth-order valence-electron chi connectivity index (χ4n) is 4.52. The van der Waals surface area contributed by atoms with Gasteiger partial charge < -0.3 is 14.2 Å². The van der Waals surface area contributed by atoms with Gasteiger partial charge in [0.1, 0.15) is 18.1 Å². The van der Waals surface area contributed by atoms with Crippen LogP contribution in [0.5, 0.6) is 5.75 Å². The Morgan fingerprint density at radius 3 is 2.41 bits per heavy atom. The van der Waals surface area contributed by atoms with Crippen molar-refractivity contribution in [2.24, 2.45) is 0 Å². The number of aromatic nitrogens is 1. The molecule has 174 valence electrons. The van der Waals surface area contributed by atoms with E-state index in [0.717, 1.165) is 55.5 Å². The summed E-state index contributed by atoms with van der Waals surface area (Å²) in [5, 5.41) is 6.53. The highest BCUT2D eigenvalue weighted by molar-refractivity contribution is 5.94. The lowest BCUT2D eigenvalue weighted by molar-refractivity contribution is 0.0629. The van der Waals surface area contributed by atoms with Crippen LogP contribution in [0.4, 0.5) is 0 Å². The fraction of sp³-hybridized carbons (Fsp3) is 0.286. The minimum Gasteiger partial charge on any atom is -0.489 e. The number of hydrogen-bond donors (Lipinski definition) is 0. The fourth-order valence-corrected chi connectivity index (χ4v) is 4.52. The van der Waals surface area contributed by atoms with Crippen LogP contribution in [0.1, 0.15) is 32.9 Å². The zero-order valence-electron chi connectivity index (χ0n) is 19.7. The molecule has 4 aromatic rings. The van der Waals surface area contributed by atoms with Crippen LogP contribution in [0.2, 0.25) is 0 Å². The molecule has 1 amide bonds. The van der Waals surface area contributed by atoms with Crippen molar-refractivity contribution in [3.05, 3.63) is 94.9 Å². The predicted molar refractivity (Wildman–Crippen MR) is 132 cm³/mol. The molecule has 6 heteroatoms. The molecule has 0 bridgehead atoms. The van der Waals surface area contributed by atoms with Crippen LogP contribution < -0.4 is 4.74 Å². The minimum atomic E-state index is 0.0714. The molecule has 1 fully saturated rings. The lowest BCUT2D eigenvalue weighted by Crippen LogP contribution is -2.48. The first-order valence-corrected chi connectivity index (χ1v) is 11.7. The molecule has 0 radical (unpaired) electrons. The molecule has 0 atom stereocenters. The lowest BCUT2D eigenvalue weighted by atomic mass is 10.0. The molecule has 34 heavy (non-hydrogen) atoms. The number of aryl methyl sites for hydroxylation is 2. The average molecular weight is 456 g/mol. The number of rotatable bonds is 6. The largest absolute Gasteiger partial charge is 0.489 e. The zero-order valence-corrected chi connectivity index (χ0v) is 19.7. The van der Waals surface area contributed by atoms with E-state index >= 15 is 0 Å². The average Bonchev–Trinajstić information content (AvgIpc) is 3.20. The van der Waals surface area contributed by atoms with Gasteiger partial charge in [-0.25, -0.2) is 0 Å². The highest BCUT2D eigenvalue weighted by Crippen LogP contribution is 2.22. The third-order valence-electron chi connectivity index (χ3n) is 6.60. The third kappa shape index (κ3) is 4.68. The second-order valence-electron chi connectivity index (χ2n) is 8.82. The van der Waals surface area contributed by atoms with Gasteiger partial charge in [0, 0.05) is 38.3 Å². The van der Waals surface area contributed by atoms with E-state index in [4.69, 9.17) is 9.26 Å². The molecule has 1 saturated heterocycles. The first-order chi connectivity index (χ1) is 16.6. The Bertz CT molecular complexity index is 1260. The number of ether oxygens (including phenoxy) is 1. The third-order valence-corrected chi connectivity index (χ3v) is 6.60. The number of hydrogen-bond acceptors (Lipinski definition) is 5. The molecule has 0 aliphatic carbocycles. The van der Waals surface area contributed by atoms with Crippen molar-refractivity contribution in [3.63, 3.8) is 0 Å². The van der Waals surface area contributed by atoms with Gasteiger partial charge in [-0.3, -0.25) is 9.69 Å². The van der Waals surface area contributed by atoms with Gasteiger partial charge in [0.05, 0.1) is 11.3 Å². The number of nitrogens with zero attached hydrogens (tertiary/aromatic N) is 3. The first-order valence-electron chi connectivity index (χ1n) is 11.7. The second kappa shape index (κ2) is 9.69. The Kier molecular flexibility index (Phi) is 6.32. The summed E-state index contributed by atoms with van der Waals surface area (Å²) in [5.41, 5.74) is 3.82. The maximum Gasteiger partial charge on any atom is 0.253 e. The van der Waals surface area contributed by atoms with E-state index in [1.165, 1.54) is 16.3 Å². The molecular weight excluding hydrogens is 426 g/mol. The zero-order chi connectivity index (χ0) is 23.5. The molecule has 1 aliphatic heterocycles. The quantitative estimate of drug-likeness (QED) is 0.410. The van der Waals surface area contributed by atoms with Crippen LogP contribution in [-0.4, -0.2) is 47.0 Å². The molecule has 0 saturated carbocycles. The van der Waals surface area contributed by atoms with Crippen molar-refractivity contribution < 1.29 is 14.1 Å². The monoisotopic (exact) mass is 455 g/mol. The summed E-state index contributed by atoms with van der Waals surface area (Å²) in [6, 6.07) is 22.4. The molecule has 1 aromatic heterocycles. The number of carbonyl (C=O) groups is 1. The van der Waals surface area contributed by atoms with Crippen LogP contribution >= 0.6 is 0 Å². The van der Waals surface area contributed by atoms with Crippen LogP contribution in [0.25, 0.3) is 10.8 Å². The standard InChI is InChI=1S/C28H29N3O3/c1-20-27(21(2)34-29-20)19-33-25-12-10-23(11-13-25)28(32)31-16-14-30(15-17-31)18-24-8-5-7-22-6-3-4-9-26(22)24/h3-13H,14-19H2,1-2H3. The van der Waals surface area contributed by atoms with Crippen molar-refractivity contribution in [2.45, 2.75) is 27.0 Å². The van der Waals surface area contributed by atoms with Gasteiger partial charge in [0.15, 0.2) is 0 Å². The van der Waals surface area contributed by atoms with Crippen molar-refractivity contribution >= 4 is 16.7 Å². The van der Waals surface area contributed by atoms with E-state index in [1.54, 1.807) is 0 Å². The van der Waals surface area contributed by atoms with E-state index in [9.17, 15) is 4.79 Å². The summed E-state index contributed by atoms with van der Waals surface area (Å²) in [6.07, 6.45) is 0. The Hall–Kier alpha value is -3.64. The van der Waals surface area contributed by atoms with E-state index in [2.05, 4.69) is 52.5 Å². The number of carbonyl (C=O) groups excluding carboxylic acids is 1. The maximum absolute atomic E-state index is 13.0. The molecule has 2 heterocycles. The molecular formula is C28H29N3O3. The summed E-state index contributed by atoms with van der Waals surface area (Å²) in [7, 11) is 0. The van der Waals surface area contributed by atoms with Gasteiger partial charge in [-0.1, -0.05) is 47.6 Å². The Morgan fingerprint density at radius 2 is 1.68 bits per heavy atom. The van der Waals surface area contributed by atoms with E-state index in [1.807, 2.05) is 43.0 Å². The van der Waals surface area contributed by atoms with Crippen molar-refractivity contribution in [1.29, 1.82) is 0 Å². The van der Waals surface area contributed by atoms with E-state index in [0.29, 0.717) is 12.2 Å². The molecule has 0 spiro atoms. The summed E-state index contributed by atoms with van der Waals surface area (Å²) in [5.74, 6) is 1.56. The highest BCUT2D eigenvalue weighted by atomic mass is 16.5. The topological polar surface area (TPSA) is 58.8 Å². The maximum atomic E-state index is 13.0. The molecule has 0 N–H and O–H groups in total. The van der Waals surface area contributed by atoms with Gasteiger partial charge in [-0.05, 0) is 54.4 Å². The molecule has 1 aliphatic rings. The normalized spacial score (nSPS) is 14.5. The van der Waals surface area contributed by atoms with E-state index in [-0.39, 0.29) is 5.91 Å². The van der Waals surface area contributed by atoms with Crippen LogP contribution in [0, 0.1) is 13.8 Å². The minimum absolute atomic E-state index is 0.0714. The van der Waals surface area contributed by atoms with Gasteiger partial charge in [-0.15, -0.1) is 0 Å². The Labute approximate surface area is 199 Å². The van der Waals surface area contributed by atoms with Gasteiger partial charge in [-0.2, -0.15) is 0 Å². The van der Waals surface area contributed by atoms with Gasteiger partial charge >= 0.3 is 0 Å². The number of piperazine rings is 1. The molecule has 3 aromatic carbocycles. The summed E-state index contributed by atoms with van der Waals surface area (Å²) in [6.45, 7) is 8.28. The predicted octanol–water partition coefficient (Wildman–Crippen LogP) is 4.98. The summed E-state index contributed by atoms with van der Waals surface area (Å²) >= 11 is 0. The van der Waals surface area contributed by atoms with Crippen LogP contribution in [0.3, 0.4) is 0 Å². The van der Waals surface area contributed by atoms with Gasteiger partial charge in [0.2, 0.25) is 0 Å². The van der Waals surface area contributed by atoms with E-state index < -0.39 is 0 Å². The molecule has 6 nitrogen and oxygen atoms in total. The second-order valence-corrected chi connectivity index (χ2v) is 8.82. The molecule has 5 rings (SSSR count). The Morgan fingerprint density at radius 1 is 0.941 bits per heavy atom.